The second-order valence-electron chi connectivity index (χ2n) is 6.27. The highest BCUT2D eigenvalue weighted by Gasteiger charge is 2.22. The molecule has 0 saturated carbocycles. The fraction of sp³-hybridized carbons (Fsp3) is 0.182. The zero-order valence-corrected chi connectivity index (χ0v) is 14.6. The number of hydrogen-bond acceptors (Lipinski definition) is 3. The van der Waals surface area contributed by atoms with E-state index in [1.807, 2.05) is 43.3 Å². The van der Waals surface area contributed by atoms with Crippen LogP contribution in [0.4, 0.5) is 0 Å². The van der Waals surface area contributed by atoms with Crippen LogP contribution in [0, 0.1) is 13.8 Å². The van der Waals surface area contributed by atoms with E-state index in [0.29, 0.717) is 5.71 Å². The predicted octanol–water partition coefficient (Wildman–Crippen LogP) is 4.90. The van der Waals surface area contributed by atoms with Crippen LogP contribution in [0.5, 0.6) is 0 Å². The average Bonchev–Trinajstić information content (AvgIpc) is 2.64. The van der Waals surface area contributed by atoms with Crippen molar-refractivity contribution in [1.82, 2.24) is 4.98 Å². The van der Waals surface area contributed by atoms with Crippen molar-refractivity contribution < 1.29 is 5.21 Å². The average molecular weight is 330 g/mol. The van der Waals surface area contributed by atoms with Gasteiger partial charge in [0.05, 0.1) is 5.71 Å². The molecule has 3 heteroatoms. The molecule has 0 radical (unpaired) electrons. The van der Waals surface area contributed by atoms with E-state index in [1.54, 1.807) is 6.20 Å². The highest BCUT2D eigenvalue weighted by molar-refractivity contribution is 6.05. The number of oxime groups is 1. The van der Waals surface area contributed by atoms with Crippen molar-refractivity contribution in [3.05, 3.63) is 101 Å². The number of aromatic nitrogens is 1. The van der Waals surface area contributed by atoms with E-state index in [1.165, 1.54) is 11.1 Å². The minimum atomic E-state index is -0.0332. The van der Waals surface area contributed by atoms with Crippen molar-refractivity contribution in [2.24, 2.45) is 5.16 Å². The van der Waals surface area contributed by atoms with E-state index >= 15 is 0 Å². The van der Waals surface area contributed by atoms with Crippen LogP contribution in [0.2, 0.25) is 0 Å². The molecule has 3 aromatic rings. The van der Waals surface area contributed by atoms with Crippen LogP contribution in [0.25, 0.3) is 0 Å². The molecule has 3 rings (SSSR count). The number of hydrogen-bond donors (Lipinski definition) is 1. The molecule has 1 aromatic heterocycles. The Morgan fingerprint density at radius 1 is 1.00 bits per heavy atom. The highest BCUT2D eigenvalue weighted by atomic mass is 16.4. The molecule has 25 heavy (non-hydrogen) atoms. The zero-order chi connectivity index (χ0) is 17.6. The Kier molecular flexibility index (Phi) is 5.24. The summed E-state index contributed by atoms with van der Waals surface area (Å²) in [7, 11) is 0. The van der Waals surface area contributed by atoms with Crippen LogP contribution in [-0.2, 0) is 6.42 Å². The van der Waals surface area contributed by atoms with Crippen molar-refractivity contribution in [3.8, 4) is 0 Å². The summed E-state index contributed by atoms with van der Waals surface area (Å²) in [6, 6.07) is 22.4. The molecule has 0 aliphatic rings. The van der Waals surface area contributed by atoms with Crippen LogP contribution in [0.3, 0.4) is 0 Å². The van der Waals surface area contributed by atoms with E-state index in [2.05, 4.69) is 47.4 Å². The van der Waals surface area contributed by atoms with Crippen molar-refractivity contribution in [2.45, 2.75) is 26.2 Å². The second-order valence-corrected chi connectivity index (χ2v) is 6.27. The van der Waals surface area contributed by atoms with Gasteiger partial charge in [-0.15, -0.1) is 0 Å². The van der Waals surface area contributed by atoms with E-state index in [0.717, 1.165) is 23.2 Å². The maximum Gasteiger partial charge on any atom is 0.0946 e. The standard InChI is InChI=1S/C22H22N2O/c1-16-8-6-7-11-19(16)15-21(18-9-4-3-5-10-18)22(24-25)20-12-13-23-17(2)14-20/h3-14,21,25H,15H2,1-2H3/b24-22+. The Labute approximate surface area is 148 Å². The molecule has 0 aliphatic heterocycles. The van der Waals surface area contributed by atoms with Gasteiger partial charge in [-0.1, -0.05) is 59.8 Å². The van der Waals surface area contributed by atoms with Crippen LogP contribution in [0.15, 0.2) is 78.1 Å². The molecule has 0 fully saturated rings. The first-order chi connectivity index (χ1) is 12.2. The summed E-state index contributed by atoms with van der Waals surface area (Å²) in [5.41, 5.74) is 6.10. The molecule has 0 amide bonds. The first-order valence-electron chi connectivity index (χ1n) is 8.43. The van der Waals surface area contributed by atoms with Crippen LogP contribution < -0.4 is 0 Å². The van der Waals surface area contributed by atoms with E-state index in [4.69, 9.17) is 0 Å². The quantitative estimate of drug-likeness (QED) is 0.411. The Balaban J connectivity index is 2.06. The molecule has 0 saturated heterocycles. The van der Waals surface area contributed by atoms with Gasteiger partial charge in [-0.05, 0) is 49.1 Å². The first kappa shape index (κ1) is 16.9. The molecule has 0 bridgehead atoms. The molecule has 1 heterocycles. The molecule has 0 aliphatic carbocycles. The molecule has 3 nitrogen and oxygen atoms in total. The molecule has 126 valence electrons. The number of aryl methyl sites for hydroxylation is 2. The number of pyridine rings is 1. The maximum atomic E-state index is 9.82. The van der Waals surface area contributed by atoms with Gasteiger partial charge in [0.25, 0.3) is 0 Å². The van der Waals surface area contributed by atoms with Crippen molar-refractivity contribution in [2.75, 3.05) is 0 Å². The maximum absolute atomic E-state index is 9.82. The van der Waals surface area contributed by atoms with Gasteiger partial charge in [-0.2, -0.15) is 0 Å². The fourth-order valence-corrected chi connectivity index (χ4v) is 3.15. The van der Waals surface area contributed by atoms with E-state index in [-0.39, 0.29) is 5.92 Å². The second kappa shape index (κ2) is 7.75. The topological polar surface area (TPSA) is 45.5 Å². The predicted molar refractivity (Wildman–Crippen MR) is 101 cm³/mol. The van der Waals surface area contributed by atoms with Crippen LogP contribution in [-0.4, -0.2) is 15.9 Å². The SMILES string of the molecule is Cc1cc(/C(=N\O)C(Cc2ccccc2C)c2ccccc2)ccn1. The Bertz CT molecular complexity index is 872. The molecule has 1 N–H and O–H groups in total. The smallest absolute Gasteiger partial charge is 0.0946 e. The van der Waals surface area contributed by atoms with E-state index < -0.39 is 0 Å². The minimum Gasteiger partial charge on any atom is -0.411 e. The molecular formula is C22H22N2O. The van der Waals surface area contributed by atoms with Gasteiger partial charge in [0.1, 0.15) is 0 Å². The van der Waals surface area contributed by atoms with Crippen molar-refractivity contribution in [1.29, 1.82) is 0 Å². The summed E-state index contributed by atoms with van der Waals surface area (Å²) < 4.78 is 0. The third-order valence-electron chi connectivity index (χ3n) is 4.52. The van der Waals surface area contributed by atoms with Crippen LogP contribution in [0.1, 0.15) is 33.9 Å². The molecule has 2 aromatic carbocycles. The van der Waals surface area contributed by atoms with Gasteiger partial charge in [0.15, 0.2) is 0 Å². The summed E-state index contributed by atoms with van der Waals surface area (Å²) in [5.74, 6) is -0.0332. The Morgan fingerprint density at radius 3 is 2.40 bits per heavy atom. The number of rotatable bonds is 5. The molecule has 1 atom stereocenters. The van der Waals surface area contributed by atoms with Crippen molar-refractivity contribution in [3.63, 3.8) is 0 Å². The normalized spacial score (nSPS) is 12.8. The largest absolute Gasteiger partial charge is 0.411 e. The lowest BCUT2D eigenvalue weighted by atomic mass is 9.84. The van der Waals surface area contributed by atoms with Gasteiger partial charge in [-0.3, -0.25) is 4.98 Å². The van der Waals surface area contributed by atoms with Gasteiger partial charge in [0.2, 0.25) is 0 Å². The molecule has 1 unspecified atom stereocenters. The summed E-state index contributed by atoms with van der Waals surface area (Å²) in [4.78, 5) is 4.25. The monoisotopic (exact) mass is 330 g/mol. The number of benzene rings is 2. The summed E-state index contributed by atoms with van der Waals surface area (Å²) in [6.45, 7) is 4.06. The van der Waals surface area contributed by atoms with Gasteiger partial charge >= 0.3 is 0 Å². The summed E-state index contributed by atoms with van der Waals surface area (Å²) >= 11 is 0. The fourth-order valence-electron chi connectivity index (χ4n) is 3.15. The van der Waals surface area contributed by atoms with Gasteiger partial charge < -0.3 is 5.21 Å². The van der Waals surface area contributed by atoms with Gasteiger partial charge in [0, 0.05) is 23.4 Å². The molecular weight excluding hydrogens is 308 g/mol. The summed E-state index contributed by atoms with van der Waals surface area (Å²) in [5, 5.41) is 13.5. The summed E-state index contributed by atoms with van der Waals surface area (Å²) in [6.07, 6.45) is 2.53. The lowest BCUT2D eigenvalue weighted by Crippen LogP contribution is -2.18. The van der Waals surface area contributed by atoms with Crippen molar-refractivity contribution >= 4 is 5.71 Å². The highest BCUT2D eigenvalue weighted by Crippen LogP contribution is 2.27. The number of nitrogens with zero attached hydrogens (tertiary/aromatic N) is 2. The lowest BCUT2D eigenvalue weighted by molar-refractivity contribution is 0.317. The minimum absolute atomic E-state index is 0.0332. The van der Waals surface area contributed by atoms with E-state index in [9.17, 15) is 5.21 Å². The van der Waals surface area contributed by atoms with Gasteiger partial charge in [-0.25, -0.2) is 0 Å². The first-order valence-corrected chi connectivity index (χ1v) is 8.43. The Hall–Kier alpha value is -2.94. The third-order valence-corrected chi connectivity index (χ3v) is 4.52. The van der Waals surface area contributed by atoms with Crippen LogP contribution >= 0.6 is 0 Å². The molecule has 0 spiro atoms. The lowest BCUT2D eigenvalue weighted by Gasteiger charge is -2.20. The zero-order valence-electron chi connectivity index (χ0n) is 14.6. The third kappa shape index (κ3) is 3.94. The Morgan fingerprint density at radius 2 is 1.72 bits per heavy atom.